The van der Waals surface area contributed by atoms with Gasteiger partial charge in [0.1, 0.15) is 0 Å². The molecule has 5 rings (SSSR count). The van der Waals surface area contributed by atoms with E-state index in [-0.39, 0.29) is 11.9 Å². The highest BCUT2D eigenvalue weighted by Gasteiger charge is 2.30. The average molecular weight is 415 g/mol. The van der Waals surface area contributed by atoms with Crippen molar-refractivity contribution in [2.75, 3.05) is 24.6 Å². The van der Waals surface area contributed by atoms with Crippen LogP contribution in [0.1, 0.15) is 25.3 Å². The maximum Gasteiger partial charge on any atom is 0.310 e. The summed E-state index contributed by atoms with van der Waals surface area (Å²) in [6, 6.07) is 16.2. The van der Waals surface area contributed by atoms with Gasteiger partial charge in [0.05, 0.1) is 18.0 Å². The van der Waals surface area contributed by atoms with Gasteiger partial charge in [-0.25, -0.2) is 9.38 Å². The number of esters is 1. The van der Waals surface area contributed by atoms with Gasteiger partial charge in [-0.2, -0.15) is 0 Å². The number of benzene rings is 2. The summed E-state index contributed by atoms with van der Waals surface area (Å²) in [5.74, 6) is 1.23. The number of hydrogen-bond acceptors (Lipinski definition) is 6. The van der Waals surface area contributed by atoms with Crippen molar-refractivity contribution in [3.8, 4) is 11.4 Å². The summed E-state index contributed by atoms with van der Waals surface area (Å²) in [6.07, 6.45) is 1.74. The third-order valence-corrected chi connectivity index (χ3v) is 5.83. The summed E-state index contributed by atoms with van der Waals surface area (Å²) >= 11 is 0. The molecule has 0 amide bonds. The normalized spacial score (nSPS) is 16.7. The van der Waals surface area contributed by atoms with Gasteiger partial charge in [-0.05, 0) is 44.9 Å². The largest absolute Gasteiger partial charge is 0.466 e. The van der Waals surface area contributed by atoms with Crippen LogP contribution in [-0.2, 0) is 9.53 Å². The van der Waals surface area contributed by atoms with E-state index in [1.165, 1.54) is 0 Å². The fourth-order valence-corrected chi connectivity index (χ4v) is 4.36. The zero-order chi connectivity index (χ0) is 21.4. The quantitative estimate of drug-likeness (QED) is 0.469. The highest BCUT2D eigenvalue weighted by atomic mass is 16.5. The Morgan fingerprint density at radius 1 is 1.16 bits per heavy atom. The third kappa shape index (κ3) is 3.50. The molecule has 7 heteroatoms. The van der Waals surface area contributed by atoms with Crippen LogP contribution < -0.4 is 4.90 Å². The lowest BCUT2D eigenvalue weighted by atomic mass is 9.98. The Kier molecular flexibility index (Phi) is 5.02. The van der Waals surface area contributed by atoms with Crippen LogP contribution in [0.2, 0.25) is 0 Å². The van der Waals surface area contributed by atoms with Gasteiger partial charge in [0, 0.05) is 24.0 Å². The van der Waals surface area contributed by atoms with Crippen LogP contribution >= 0.6 is 0 Å². The zero-order valence-electron chi connectivity index (χ0n) is 17.8. The first-order chi connectivity index (χ1) is 15.2. The Hall–Kier alpha value is -3.48. The van der Waals surface area contributed by atoms with Gasteiger partial charge in [-0.3, -0.25) is 4.79 Å². The number of anilines is 1. The number of aromatic nitrogens is 4. The van der Waals surface area contributed by atoms with Gasteiger partial charge in [0.25, 0.3) is 0 Å². The zero-order valence-corrected chi connectivity index (χ0v) is 17.8. The molecule has 0 spiro atoms. The molecule has 1 atom stereocenters. The van der Waals surface area contributed by atoms with E-state index in [0.717, 1.165) is 58.8 Å². The molecular formula is C24H25N5O2. The molecule has 0 aliphatic carbocycles. The van der Waals surface area contributed by atoms with Crippen LogP contribution in [0.3, 0.4) is 0 Å². The first kappa shape index (κ1) is 19.5. The number of para-hydroxylation sites is 1. The number of aryl methyl sites for hydroxylation is 1. The molecule has 1 fully saturated rings. The number of ether oxygens (including phenoxy) is 1. The lowest BCUT2D eigenvalue weighted by Crippen LogP contribution is -2.40. The minimum absolute atomic E-state index is 0.133. The number of piperidine rings is 1. The number of carbonyl (C=O) groups is 1. The fraction of sp³-hybridized carbons (Fsp3) is 0.333. The van der Waals surface area contributed by atoms with Crippen LogP contribution in [0.15, 0.2) is 48.5 Å². The van der Waals surface area contributed by atoms with Crippen molar-refractivity contribution in [2.45, 2.75) is 26.7 Å². The smallest absolute Gasteiger partial charge is 0.310 e. The predicted molar refractivity (Wildman–Crippen MR) is 120 cm³/mol. The van der Waals surface area contributed by atoms with Crippen molar-refractivity contribution in [1.29, 1.82) is 0 Å². The second-order valence-electron chi connectivity index (χ2n) is 8.02. The monoisotopic (exact) mass is 415 g/mol. The number of carbonyl (C=O) groups excluding carboxylic acids is 1. The Bertz CT molecular complexity index is 1270. The highest BCUT2D eigenvalue weighted by Crippen LogP contribution is 2.31. The van der Waals surface area contributed by atoms with Gasteiger partial charge in [-0.1, -0.05) is 35.9 Å². The van der Waals surface area contributed by atoms with Gasteiger partial charge in [-0.15, -0.1) is 10.2 Å². The number of nitrogens with zero attached hydrogens (tertiary/aromatic N) is 5. The molecule has 1 aliphatic rings. The SMILES string of the molecule is CCOC(=O)[C@@H]1CCCN(c2nc3ccccc3c3nnc(-c4cccc(C)c4)n23)C1. The van der Waals surface area contributed by atoms with Crippen molar-refractivity contribution < 1.29 is 9.53 Å². The van der Waals surface area contributed by atoms with E-state index in [4.69, 9.17) is 9.72 Å². The van der Waals surface area contributed by atoms with Crippen molar-refractivity contribution in [3.63, 3.8) is 0 Å². The van der Waals surface area contributed by atoms with E-state index >= 15 is 0 Å². The fourth-order valence-electron chi connectivity index (χ4n) is 4.36. The topological polar surface area (TPSA) is 72.6 Å². The van der Waals surface area contributed by atoms with Crippen LogP contribution in [0.25, 0.3) is 27.9 Å². The lowest BCUT2D eigenvalue weighted by Gasteiger charge is -2.32. The molecule has 0 N–H and O–H groups in total. The van der Waals surface area contributed by atoms with Gasteiger partial charge in [0.2, 0.25) is 5.95 Å². The highest BCUT2D eigenvalue weighted by molar-refractivity contribution is 5.93. The van der Waals surface area contributed by atoms with E-state index in [1.54, 1.807) is 0 Å². The summed E-state index contributed by atoms with van der Waals surface area (Å²) in [6.45, 7) is 5.71. The minimum atomic E-state index is -0.157. The summed E-state index contributed by atoms with van der Waals surface area (Å²) in [7, 11) is 0. The molecule has 0 saturated carbocycles. The first-order valence-electron chi connectivity index (χ1n) is 10.8. The lowest BCUT2D eigenvalue weighted by molar-refractivity contribution is -0.148. The number of rotatable bonds is 4. The average Bonchev–Trinajstić information content (AvgIpc) is 3.24. The summed E-state index contributed by atoms with van der Waals surface area (Å²) < 4.78 is 7.33. The molecule has 31 heavy (non-hydrogen) atoms. The van der Waals surface area contributed by atoms with Crippen LogP contribution in [0.5, 0.6) is 0 Å². The first-order valence-corrected chi connectivity index (χ1v) is 10.8. The molecule has 0 unspecified atom stereocenters. The number of hydrogen-bond donors (Lipinski definition) is 0. The van der Waals surface area contributed by atoms with E-state index in [2.05, 4.69) is 34.2 Å². The van der Waals surface area contributed by atoms with Gasteiger partial charge < -0.3 is 9.64 Å². The molecule has 0 bridgehead atoms. The maximum absolute atomic E-state index is 12.4. The summed E-state index contributed by atoms with van der Waals surface area (Å²) in [5.41, 5.74) is 3.79. The third-order valence-electron chi connectivity index (χ3n) is 5.83. The molecule has 4 aromatic rings. The summed E-state index contributed by atoms with van der Waals surface area (Å²) in [4.78, 5) is 19.6. The van der Waals surface area contributed by atoms with Gasteiger partial charge in [0.15, 0.2) is 11.5 Å². The van der Waals surface area contributed by atoms with Crippen LogP contribution in [0, 0.1) is 12.8 Å². The summed E-state index contributed by atoms with van der Waals surface area (Å²) in [5, 5.41) is 10.1. The Morgan fingerprint density at radius 3 is 2.87 bits per heavy atom. The van der Waals surface area contributed by atoms with Gasteiger partial charge >= 0.3 is 5.97 Å². The molecular weight excluding hydrogens is 390 g/mol. The second kappa shape index (κ2) is 7.98. The second-order valence-corrected chi connectivity index (χ2v) is 8.02. The molecule has 1 saturated heterocycles. The van der Waals surface area contributed by atoms with E-state index in [0.29, 0.717) is 13.2 Å². The van der Waals surface area contributed by atoms with Crippen LogP contribution in [0.4, 0.5) is 5.95 Å². The molecule has 7 nitrogen and oxygen atoms in total. The Morgan fingerprint density at radius 2 is 2.03 bits per heavy atom. The Labute approximate surface area is 180 Å². The van der Waals surface area contributed by atoms with Crippen molar-refractivity contribution >= 4 is 28.5 Å². The van der Waals surface area contributed by atoms with Crippen molar-refractivity contribution in [2.24, 2.45) is 5.92 Å². The number of fused-ring (bicyclic) bond motifs is 3. The van der Waals surface area contributed by atoms with E-state index < -0.39 is 0 Å². The predicted octanol–water partition coefficient (Wildman–Crippen LogP) is 4.03. The van der Waals surface area contributed by atoms with Crippen LogP contribution in [-0.4, -0.2) is 45.2 Å². The molecule has 0 radical (unpaired) electrons. The molecule has 2 aromatic carbocycles. The van der Waals surface area contributed by atoms with Crippen molar-refractivity contribution in [3.05, 3.63) is 54.1 Å². The van der Waals surface area contributed by atoms with E-state index in [9.17, 15) is 4.79 Å². The minimum Gasteiger partial charge on any atom is -0.466 e. The molecule has 158 valence electrons. The van der Waals surface area contributed by atoms with Crippen molar-refractivity contribution in [1.82, 2.24) is 19.6 Å². The standard InChI is InChI=1S/C24H25N5O2/c1-3-31-23(30)18-10-7-13-28(15-18)24-25-20-12-5-4-11-19(20)22-27-26-21(29(22)24)17-9-6-8-16(2)14-17/h4-6,8-9,11-12,14,18H,3,7,10,13,15H2,1-2H3/t18-/m1/s1. The molecule has 2 aromatic heterocycles. The van der Waals surface area contributed by atoms with E-state index in [1.807, 2.05) is 47.7 Å². The molecule has 3 heterocycles. The molecule has 1 aliphatic heterocycles. The Balaban J connectivity index is 1.69. The maximum atomic E-state index is 12.4.